The Kier molecular flexibility index (Phi) is 4.94. The third-order valence-corrected chi connectivity index (χ3v) is 5.36. The Labute approximate surface area is 172 Å². The molecule has 3 aromatic carbocycles. The number of halogens is 2. The highest BCUT2D eigenvalue weighted by atomic mass is 35.5. The maximum Gasteiger partial charge on any atom is 0.264 e. The second-order valence-corrected chi connectivity index (χ2v) is 7.40. The maximum atomic E-state index is 14.1. The molecule has 4 rings (SSSR count). The summed E-state index contributed by atoms with van der Waals surface area (Å²) in [6.07, 6.45) is -0.418. The van der Waals surface area contributed by atoms with E-state index in [1.807, 2.05) is 0 Å². The van der Waals surface area contributed by atoms with E-state index in [4.69, 9.17) is 11.6 Å². The molecule has 0 radical (unpaired) electrons. The quantitative estimate of drug-likeness (QED) is 0.632. The van der Waals surface area contributed by atoms with Crippen molar-refractivity contribution in [3.63, 3.8) is 0 Å². The molecule has 29 heavy (non-hydrogen) atoms. The topological polar surface area (TPSA) is 57.6 Å². The van der Waals surface area contributed by atoms with Crippen LogP contribution in [0, 0.1) is 5.82 Å². The number of hydrogen-bond donors (Lipinski definition) is 1. The standard InChI is InChI=1S/C23H17ClFNO3/c24-17-11-9-15(10-12-17)21(27)13-23(29)18-6-2-4-8-20(18)26(22(23)28)14-16-5-1-3-7-19(16)25/h1-12,29H,13-14H2/t23-/m0/s1. The smallest absolute Gasteiger partial charge is 0.264 e. The van der Waals surface area contributed by atoms with Crippen LogP contribution in [0.3, 0.4) is 0 Å². The fourth-order valence-corrected chi connectivity index (χ4v) is 3.73. The number of fused-ring (bicyclic) bond motifs is 1. The zero-order chi connectivity index (χ0) is 20.6. The number of benzene rings is 3. The average molecular weight is 410 g/mol. The largest absolute Gasteiger partial charge is 0.375 e. The number of carbonyl (C=O) groups excluding carboxylic acids is 2. The molecular formula is C23H17ClFNO3. The number of ketones is 1. The van der Waals surface area contributed by atoms with Crippen LogP contribution in [0.5, 0.6) is 0 Å². The molecule has 1 aliphatic rings. The molecule has 0 fully saturated rings. The van der Waals surface area contributed by atoms with Crippen molar-refractivity contribution in [1.82, 2.24) is 0 Å². The normalized spacial score (nSPS) is 18.0. The summed E-state index contributed by atoms with van der Waals surface area (Å²) in [7, 11) is 0. The van der Waals surface area contributed by atoms with Gasteiger partial charge in [-0.2, -0.15) is 0 Å². The van der Waals surface area contributed by atoms with Gasteiger partial charge in [-0.05, 0) is 36.4 Å². The Morgan fingerprint density at radius 3 is 2.38 bits per heavy atom. The summed E-state index contributed by atoms with van der Waals surface area (Å²) < 4.78 is 14.1. The lowest BCUT2D eigenvalue weighted by Crippen LogP contribution is -2.41. The van der Waals surface area contributed by atoms with Gasteiger partial charge in [0.1, 0.15) is 5.82 Å². The van der Waals surface area contributed by atoms with Crippen LogP contribution in [0.1, 0.15) is 27.9 Å². The third kappa shape index (κ3) is 3.43. The SMILES string of the molecule is O=C(C[C@@]1(O)C(=O)N(Cc2ccccc2F)c2ccccc21)c1ccc(Cl)cc1. The molecule has 1 aliphatic heterocycles. The Morgan fingerprint density at radius 2 is 1.66 bits per heavy atom. The monoisotopic (exact) mass is 409 g/mol. The molecule has 0 unspecified atom stereocenters. The minimum absolute atomic E-state index is 0.0417. The molecule has 0 saturated carbocycles. The molecule has 0 saturated heterocycles. The van der Waals surface area contributed by atoms with Gasteiger partial charge in [-0.3, -0.25) is 9.59 Å². The van der Waals surface area contributed by atoms with Gasteiger partial charge in [0.05, 0.1) is 18.7 Å². The van der Waals surface area contributed by atoms with Gasteiger partial charge in [-0.15, -0.1) is 0 Å². The zero-order valence-corrected chi connectivity index (χ0v) is 16.1. The van der Waals surface area contributed by atoms with Gasteiger partial charge >= 0.3 is 0 Å². The zero-order valence-electron chi connectivity index (χ0n) is 15.3. The van der Waals surface area contributed by atoms with Crippen molar-refractivity contribution in [2.45, 2.75) is 18.6 Å². The van der Waals surface area contributed by atoms with E-state index in [9.17, 15) is 19.1 Å². The van der Waals surface area contributed by atoms with Crippen molar-refractivity contribution in [3.8, 4) is 0 Å². The van der Waals surface area contributed by atoms with Crippen molar-refractivity contribution >= 4 is 29.0 Å². The van der Waals surface area contributed by atoms with Crippen LogP contribution in [-0.2, 0) is 16.9 Å². The molecule has 3 aromatic rings. The molecule has 146 valence electrons. The predicted molar refractivity (Wildman–Crippen MR) is 108 cm³/mol. The summed E-state index contributed by atoms with van der Waals surface area (Å²) in [6.45, 7) is -0.0417. The van der Waals surface area contributed by atoms with Crippen molar-refractivity contribution in [2.75, 3.05) is 4.90 Å². The van der Waals surface area contributed by atoms with E-state index in [0.717, 1.165) is 0 Å². The van der Waals surface area contributed by atoms with Crippen LogP contribution in [-0.4, -0.2) is 16.8 Å². The van der Waals surface area contributed by atoms with Crippen LogP contribution < -0.4 is 4.90 Å². The van der Waals surface area contributed by atoms with Crippen molar-refractivity contribution in [1.29, 1.82) is 0 Å². The summed E-state index contributed by atoms with van der Waals surface area (Å²) in [6, 6.07) is 19.1. The first-order chi connectivity index (χ1) is 13.9. The summed E-state index contributed by atoms with van der Waals surface area (Å²) in [5.74, 6) is -1.48. The Balaban J connectivity index is 1.69. The van der Waals surface area contributed by atoms with Crippen LogP contribution in [0.25, 0.3) is 0 Å². The summed E-state index contributed by atoms with van der Waals surface area (Å²) in [5.41, 5.74) is -0.543. The van der Waals surface area contributed by atoms with Crippen molar-refractivity contribution < 1.29 is 19.1 Å². The van der Waals surface area contributed by atoms with Gasteiger partial charge in [0.15, 0.2) is 11.4 Å². The van der Waals surface area contributed by atoms with Crippen LogP contribution in [0.4, 0.5) is 10.1 Å². The first-order valence-electron chi connectivity index (χ1n) is 9.06. The van der Waals surface area contributed by atoms with E-state index in [1.165, 1.54) is 11.0 Å². The molecular weight excluding hydrogens is 393 g/mol. The molecule has 4 nitrogen and oxygen atoms in total. The van der Waals surface area contributed by atoms with Crippen LogP contribution in [0.2, 0.25) is 5.02 Å². The Morgan fingerprint density at radius 1 is 1.00 bits per heavy atom. The molecule has 0 aromatic heterocycles. The number of carbonyl (C=O) groups is 2. The third-order valence-electron chi connectivity index (χ3n) is 5.11. The van der Waals surface area contributed by atoms with Gasteiger partial charge in [0.2, 0.25) is 0 Å². The van der Waals surface area contributed by atoms with Crippen LogP contribution >= 0.6 is 11.6 Å². The predicted octanol–water partition coefficient (Wildman–Crippen LogP) is 4.49. The van der Waals surface area contributed by atoms with Gasteiger partial charge in [-0.1, -0.05) is 48.0 Å². The van der Waals surface area contributed by atoms with Crippen molar-refractivity contribution in [2.24, 2.45) is 0 Å². The van der Waals surface area contributed by atoms with Gasteiger partial charge in [0.25, 0.3) is 5.91 Å². The molecule has 1 N–H and O–H groups in total. The fraction of sp³-hybridized carbons (Fsp3) is 0.130. The molecule has 0 spiro atoms. The minimum Gasteiger partial charge on any atom is -0.375 e. The second-order valence-electron chi connectivity index (χ2n) is 6.97. The number of nitrogens with zero attached hydrogens (tertiary/aromatic N) is 1. The van der Waals surface area contributed by atoms with Crippen molar-refractivity contribution in [3.05, 3.63) is 100 Å². The van der Waals surface area contributed by atoms with E-state index >= 15 is 0 Å². The van der Waals surface area contributed by atoms with Gasteiger partial charge < -0.3 is 10.0 Å². The summed E-state index contributed by atoms with van der Waals surface area (Å²) in [5, 5.41) is 11.8. The Hall–Kier alpha value is -3.02. The Bertz CT molecular complexity index is 1100. The van der Waals surface area contributed by atoms with Gasteiger partial charge in [0, 0.05) is 21.7 Å². The first-order valence-corrected chi connectivity index (χ1v) is 9.44. The second kappa shape index (κ2) is 7.43. The number of rotatable bonds is 5. The number of anilines is 1. The first kappa shape index (κ1) is 19.3. The van der Waals surface area contributed by atoms with E-state index in [0.29, 0.717) is 27.4 Å². The number of Topliss-reactive ketones (excluding diaryl/α,β-unsaturated/α-hetero) is 1. The summed E-state index contributed by atoms with van der Waals surface area (Å²) >= 11 is 5.86. The number of para-hydroxylation sites is 1. The molecule has 6 heteroatoms. The fourth-order valence-electron chi connectivity index (χ4n) is 3.60. The molecule has 0 bridgehead atoms. The summed E-state index contributed by atoms with van der Waals surface area (Å²) in [4.78, 5) is 27.3. The molecule has 1 atom stereocenters. The minimum atomic E-state index is -2.02. The molecule has 0 aliphatic carbocycles. The molecule has 1 heterocycles. The lowest BCUT2D eigenvalue weighted by Gasteiger charge is -2.23. The highest BCUT2D eigenvalue weighted by Gasteiger charge is 2.50. The van der Waals surface area contributed by atoms with E-state index in [-0.39, 0.29) is 12.3 Å². The van der Waals surface area contributed by atoms with E-state index in [1.54, 1.807) is 66.7 Å². The highest BCUT2D eigenvalue weighted by molar-refractivity contribution is 6.30. The number of aliphatic hydroxyl groups is 1. The number of hydrogen-bond acceptors (Lipinski definition) is 3. The average Bonchev–Trinajstić information content (AvgIpc) is 2.92. The van der Waals surface area contributed by atoms with E-state index in [2.05, 4.69) is 0 Å². The maximum absolute atomic E-state index is 14.1. The van der Waals surface area contributed by atoms with Gasteiger partial charge in [-0.25, -0.2) is 4.39 Å². The lowest BCUT2D eigenvalue weighted by molar-refractivity contribution is -0.136. The lowest BCUT2D eigenvalue weighted by atomic mass is 9.88. The number of amides is 1. The van der Waals surface area contributed by atoms with Crippen LogP contribution in [0.15, 0.2) is 72.8 Å². The highest BCUT2D eigenvalue weighted by Crippen LogP contribution is 2.43. The van der Waals surface area contributed by atoms with E-state index < -0.39 is 23.7 Å². The molecule has 1 amide bonds.